The molecule has 8 heteroatoms. The molecule has 31 heavy (non-hydrogen) atoms. The SMILES string of the molecule is CCCCOc1ccc(C(=O)NCC(=O)N2CCN(CC(=O)NC(C)CC)CC2)cc1. The number of hydrogen-bond donors (Lipinski definition) is 2. The molecule has 0 bridgehead atoms. The lowest BCUT2D eigenvalue weighted by Crippen LogP contribution is -2.53. The van der Waals surface area contributed by atoms with Gasteiger partial charge in [-0.1, -0.05) is 20.3 Å². The number of piperazine rings is 1. The van der Waals surface area contributed by atoms with Crippen LogP contribution < -0.4 is 15.4 Å². The van der Waals surface area contributed by atoms with E-state index < -0.39 is 0 Å². The van der Waals surface area contributed by atoms with Crippen LogP contribution in [0, 0.1) is 0 Å². The Hall–Kier alpha value is -2.61. The molecule has 1 aromatic carbocycles. The van der Waals surface area contributed by atoms with Crippen molar-refractivity contribution in [1.29, 1.82) is 0 Å². The molecular formula is C23H36N4O4. The quantitative estimate of drug-likeness (QED) is 0.519. The first-order chi connectivity index (χ1) is 14.9. The maximum Gasteiger partial charge on any atom is 0.251 e. The second-order valence-corrected chi connectivity index (χ2v) is 7.94. The molecule has 8 nitrogen and oxygen atoms in total. The molecule has 1 aliphatic rings. The van der Waals surface area contributed by atoms with E-state index in [4.69, 9.17) is 4.74 Å². The average Bonchev–Trinajstić information content (AvgIpc) is 2.78. The fraction of sp³-hybridized carbons (Fsp3) is 0.609. The van der Waals surface area contributed by atoms with Crippen LogP contribution in [-0.4, -0.2) is 79.4 Å². The Balaban J connectivity index is 1.69. The van der Waals surface area contributed by atoms with Crippen LogP contribution in [0.4, 0.5) is 0 Å². The molecule has 1 atom stereocenters. The number of rotatable bonds is 11. The van der Waals surface area contributed by atoms with E-state index in [1.807, 2.05) is 18.7 Å². The molecular weight excluding hydrogens is 396 g/mol. The molecule has 0 aliphatic carbocycles. The summed E-state index contributed by atoms with van der Waals surface area (Å²) in [5, 5.41) is 5.65. The number of ether oxygens (including phenoxy) is 1. The van der Waals surface area contributed by atoms with Crippen LogP contribution in [0.5, 0.6) is 5.75 Å². The summed E-state index contributed by atoms with van der Waals surface area (Å²) >= 11 is 0. The van der Waals surface area contributed by atoms with Gasteiger partial charge in [0.15, 0.2) is 0 Å². The normalized spacial score (nSPS) is 15.3. The molecule has 1 aliphatic heterocycles. The topological polar surface area (TPSA) is 91.0 Å². The summed E-state index contributed by atoms with van der Waals surface area (Å²) in [6.45, 7) is 9.48. The minimum absolute atomic E-state index is 0.0168. The molecule has 1 unspecified atom stereocenters. The van der Waals surface area contributed by atoms with Crippen molar-refractivity contribution in [2.24, 2.45) is 0 Å². The largest absolute Gasteiger partial charge is 0.494 e. The Bertz CT molecular complexity index is 715. The van der Waals surface area contributed by atoms with Gasteiger partial charge in [-0.25, -0.2) is 0 Å². The van der Waals surface area contributed by atoms with Crippen molar-refractivity contribution in [2.45, 2.75) is 46.1 Å². The van der Waals surface area contributed by atoms with Gasteiger partial charge in [-0.3, -0.25) is 19.3 Å². The van der Waals surface area contributed by atoms with Crippen LogP contribution in [0.15, 0.2) is 24.3 Å². The van der Waals surface area contributed by atoms with Gasteiger partial charge < -0.3 is 20.3 Å². The zero-order valence-corrected chi connectivity index (χ0v) is 19.0. The Labute approximate surface area is 185 Å². The van der Waals surface area contributed by atoms with E-state index >= 15 is 0 Å². The predicted molar refractivity (Wildman–Crippen MR) is 120 cm³/mol. The molecule has 0 spiro atoms. The summed E-state index contributed by atoms with van der Waals surface area (Å²) in [6, 6.07) is 7.10. The van der Waals surface area contributed by atoms with Gasteiger partial charge in [0.2, 0.25) is 11.8 Å². The van der Waals surface area contributed by atoms with Crippen molar-refractivity contribution in [1.82, 2.24) is 20.4 Å². The molecule has 1 fully saturated rings. The minimum Gasteiger partial charge on any atom is -0.494 e. The van der Waals surface area contributed by atoms with Crippen molar-refractivity contribution in [2.75, 3.05) is 45.9 Å². The third-order valence-corrected chi connectivity index (χ3v) is 5.40. The second-order valence-electron chi connectivity index (χ2n) is 7.94. The molecule has 1 saturated heterocycles. The number of amides is 3. The highest BCUT2D eigenvalue weighted by Gasteiger charge is 2.23. The van der Waals surface area contributed by atoms with Gasteiger partial charge >= 0.3 is 0 Å². The summed E-state index contributed by atoms with van der Waals surface area (Å²) < 4.78 is 5.59. The zero-order valence-electron chi connectivity index (χ0n) is 19.0. The third-order valence-electron chi connectivity index (χ3n) is 5.40. The molecule has 0 radical (unpaired) electrons. The van der Waals surface area contributed by atoms with Crippen molar-refractivity contribution < 1.29 is 19.1 Å². The van der Waals surface area contributed by atoms with Crippen LogP contribution in [0.1, 0.15) is 50.4 Å². The van der Waals surface area contributed by atoms with E-state index in [0.29, 0.717) is 44.9 Å². The maximum absolute atomic E-state index is 12.4. The lowest BCUT2D eigenvalue weighted by molar-refractivity contribution is -0.132. The number of unbranched alkanes of at least 4 members (excludes halogenated alkanes) is 1. The number of hydrogen-bond acceptors (Lipinski definition) is 5. The molecule has 2 N–H and O–H groups in total. The van der Waals surface area contributed by atoms with E-state index in [1.165, 1.54) is 0 Å². The summed E-state index contributed by atoms with van der Waals surface area (Å²) in [6.07, 6.45) is 2.96. The van der Waals surface area contributed by atoms with Crippen molar-refractivity contribution >= 4 is 17.7 Å². The fourth-order valence-electron chi connectivity index (χ4n) is 3.19. The highest BCUT2D eigenvalue weighted by Crippen LogP contribution is 2.12. The lowest BCUT2D eigenvalue weighted by atomic mass is 10.2. The Morgan fingerprint density at radius 1 is 1.06 bits per heavy atom. The standard InChI is InChI=1S/C23H36N4O4/c1-4-6-15-31-20-9-7-19(8-10-20)23(30)24-16-22(29)27-13-11-26(12-14-27)17-21(28)25-18(3)5-2/h7-10,18H,4-6,11-17H2,1-3H3,(H,24,30)(H,25,28). The molecule has 3 amide bonds. The van der Waals surface area contributed by atoms with Gasteiger partial charge in [-0.2, -0.15) is 0 Å². The first-order valence-corrected chi connectivity index (χ1v) is 11.2. The van der Waals surface area contributed by atoms with E-state index in [1.54, 1.807) is 29.2 Å². The smallest absolute Gasteiger partial charge is 0.251 e. The van der Waals surface area contributed by atoms with Crippen LogP contribution in [0.2, 0.25) is 0 Å². The number of nitrogens with zero attached hydrogens (tertiary/aromatic N) is 2. The molecule has 0 saturated carbocycles. The molecule has 2 rings (SSSR count). The average molecular weight is 433 g/mol. The van der Waals surface area contributed by atoms with Gasteiger partial charge in [0.25, 0.3) is 5.91 Å². The van der Waals surface area contributed by atoms with Gasteiger partial charge in [0, 0.05) is 37.8 Å². The van der Waals surface area contributed by atoms with Crippen LogP contribution >= 0.6 is 0 Å². The van der Waals surface area contributed by atoms with Crippen LogP contribution in [0.25, 0.3) is 0 Å². The van der Waals surface area contributed by atoms with E-state index in [-0.39, 0.29) is 30.3 Å². The summed E-state index contributed by atoms with van der Waals surface area (Å²) in [5.74, 6) is 0.352. The predicted octanol–water partition coefficient (Wildman–Crippen LogP) is 1.65. The van der Waals surface area contributed by atoms with Gasteiger partial charge in [-0.15, -0.1) is 0 Å². The molecule has 172 valence electrons. The van der Waals surface area contributed by atoms with E-state index in [9.17, 15) is 14.4 Å². The van der Waals surface area contributed by atoms with Gasteiger partial charge in [0.1, 0.15) is 5.75 Å². The second kappa shape index (κ2) is 12.9. The molecule has 1 aromatic rings. The maximum atomic E-state index is 12.4. The first-order valence-electron chi connectivity index (χ1n) is 11.2. The monoisotopic (exact) mass is 432 g/mol. The number of benzene rings is 1. The molecule has 1 heterocycles. The van der Waals surface area contributed by atoms with Crippen molar-refractivity contribution in [3.8, 4) is 5.75 Å². The first kappa shape index (κ1) is 24.7. The van der Waals surface area contributed by atoms with E-state index in [2.05, 4.69) is 17.6 Å². The van der Waals surface area contributed by atoms with Gasteiger partial charge in [0.05, 0.1) is 19.7 Å². The Kier molecular flexibility index (Phi) is 10.3. The lowest BCUT2D eigenvalue weighted by Gasteiger charge is -2.34. The van der Waals surface area contributed by atoms with Crippen molar-refractivity contribution in [3.05, 3.63) is 29.8 Å². The number of nitrogens with one attached hydrogen (secondary N) is 2. The summed E-state index contributed by atoms with van der Waals surface area (Å²) in [7, 11) is 0. The fourth-order valence-corrected chi connectivity index (χ4v) is 3.19. The number of carbonyl (C=O) groups excluding carboxylic acids is 3. The molecule has 0 aromatic heterocycles. The highest BCUT2D eigenvalue weighted by atomic mass is 16.5. The van der Waals surface area contributed by atoms with E-state index in [0.717, 1.165) is 25.0 Å². The van der Waals surface area contributed by atoms with Crippen LogP contribution in [0.3, 0.4) is 0 Å². The summed E-state index contributed by atoms with van der Waals surface area (Å²) in [5.41, 5.74) is 0.493. The Morgan fingerprint density at radius 3 is 2.35 bits per heavy atom. The third kappa shape index (κ3) is 8.57. The zero-order chi connectivity index (χ0) is 22.6. The number of carbonyl (C=O) groups is 3. The van der Waals surface area contributed by atoms with Crippen molar-refractivity contribution in [3.63, 3.8) is 0 Å². The minimum atomic E-state index is -0.284. The van der Waals surface area contributed by atoms with Crippen LogP contribution in [-0.2, 0) is 9.59 Å². The Morgan fingerprint density at radius 2 is 1.74 bits per heavy atom. The van der Waals surface area contributed by atoms with Gasteiger partial charge in [-0.05, 0) is 44.0 Å². The highest BCUT2D eigenvalue weighted by molar-refractivity contribution is 5.96. The summed E-state index contributed by atoms with van der Waals surface area (Å²) in [4.78, 5) is 40.5.